The second kappa shape index (κ2) is 14.3. The lowest BCUT2D eigenvalue weighted by atomic mass is 10.0. The minimum Gasteiger partial charge on any atom is -0.354 e. The van der Waals surface area contributed by atoms with Crippen LogP contribution in [0.15, 0.2) is 72.8 Å². The first-order chi connectivity index (χ1) is 19.0. The molecule has 0 bridgehead atoms. The van der Waals surface area contributed by atoms with Crippen LogP contribution >= 0.6 is 11.6 Å². The van der Waals surface area contributed by atoms with E-state index in [4.69, 9.17) is 11.6 Å². The quantitative estimate of drug-likeness (QED) is 0.277. The molecule has 40 heavy (non-hydrogen) atoms. The van der Waals surface area contributed by atoms with Crippen molar-refractivity contribution in [3.05, 3.63) is 100 Å². The highest BCUT2D eigenvalue weighted by Crippen LogP contribution is 2.26. The van der Waals surface area contributed by atoms with E-state index in [0.29, 0.717) is 22.8 Å². The molecule has 2 amide bonds. The number of anilines is 1. The van der Waals surface area contributed by atoms with Crippen molar-refractivity contribution in [2.75, 3.05) is 23.7 Å². The number of nitrogens with zero attached hydrogens (tertiary/aromatic N) is 2. The lowest BCUT2D eigenvalue weighted by molar-refractivity contribution is -0.140. The van der Waals surface area contributed by atoms with Crippen LogP contribution in [0.3, 0.4) is 0 Å². The van der Waals surface area contributed by atoms with Gasteiger partial charge in [-0.2, -0.15) is 0 Å². The molecule has 0 radical (unpaired) electrons. The second-order valence-corrected chi connectivity index (χ2v) is 12.3. The van der Waals surface area contributed by atoms with Gasteiger partial charge in [0.05, 0.1) is 11.9 Å². The van der Waals surface area contributed by atoms with E-state index >= 15 is 0 Å². The van der Waals surface area contributed by atoms with Crippen LogP contribution in [0.4, 0.5) is 5.69 Å². The van der Waals surface area contributed by atoms with Crippen LogP contribution in [0.1, 0.15) is 42.0 Å². The topological polar surface area (TPSA) is 86.8 Å². The predicted molar refractivity (Wildman–Crippen MR) is 162 cm³/mol. The maximum atomic E-state index is 14.1. The molecule has 0 aliphatic heterocycles. The van der Waals surface area contributed by atoms with Gasteiger partial charge in [0.25, 0.3) is 0 Å². The molecule has 0 aromatic heterocycles. The highest BCUT2D eigenvalue weighted by Gasteiger charge is 2.33. The van der Waals surface area contributed by atoms with E-state index < -0.39 is 28.5 Å². The Morgan fingerprint density at radius 1 is 0.950 bits per heavy atom. The Kier molecular flexibility index (Phi) is 11.2. The molecule has 0 saturated carbocycles. The van der Waals surface area contributed by atoms with Crippen molar-refractivity contribution in [2.24, 2.45) is 0 Å². The number of sulfonamides is 1. The van der Waals surface area contributed by atoms with Crippen LogP contribution < -0.4 is 9.62 Å². The molecule has 1 N–H and O–H groups in total. The summed E-state index contributed by atoms with van der Waals surface area (Å²) in [6.07, 6.45) is 3.08. The fourth-order valence-electron chi connectivity index (χ4n) is 4.52. The Morgan fingerprint density at radius 3 is 2.25 bits per heavy atom. The van der Waals surface area contributed by atoms with E-state index in [0.717, 1.165) is 40.1 Å². The van der Waals surface area contributed by atoms with E-state index in [1.54, 1.807) is 25.1 Å². The van der Waals surface area contributed by atoms with E-state index in [-0.39, 0.29) is 18.9 Å². The summed E-state index contributed by atoms with van der Waals surface area (Å²) in [7, 11) is -3.84. The zero-order chi connectivity index (χ0) is 29.3. The number of rotatable bonds is 13. The van der Waals surface area contributed by atoms with Gasteiger partial charge in [-0.3, -0.25) is 13.9 Å². The number of hydrogen-bond acceptors (Lipinski definition) is 4. The van der Waals surface area contributed by atoms with Crippen molar-refractivity contribution in [1.29, 1.82) is 0 Å². The predicted octanol–water partition coefficient (Wildman–Crippen LogP) is 5.28. The minimum atomic E-state index is -3.84. The summed E-state index contributed by atoms with van der Waals surface area (Å²) >= 11 is 6.12. The summed E-state index contributed by atoms with van der Waals surface area (Å²) in [4.78, 5) is 29.3. The zero-order valence-electron chi connectivity index (χ0n) is 23.6. The third kappa shape index (κ3) is 8.57. The molecule has 0 aliphatic rings. The molecule has 0 unspecified atom stereocenters. The number of carbonyl (C=O) groups excluding carboxylic acids is 2. The molecular weight excluding hydrogens is 546 g/mol. The van der Waals surface area contributed by atoms with Gasteiger partial charge in [-0.15, -0.1) is 0 Å². The fourth-order valence-corrected chi connectivity index (χ4v) is 5.66. The van der Waals surface area contributed by atoms with Gasteiger partial charge in [-0.05, 0) is 60.7 Å². The summed E-state index contributed by atoms with van der Waals surface area (Å²) in [6.45, 7) is 5.93. The van der Waals surface area contributed by atoms with Gasteiger partial charge in [0.1, 0.15) is 12.6 Å². The van der Waals surface area contributed by atoms with E-state index in [2.05, 4.69) is 5.32 Å². The Bertz CT molecular complexity index is 1410. The van der Waals surface area contributed by atoms with Crippen LogP contribution in [0.25, 0.3) is 0 Å². The molecule has 0 spiro atoms. The summed E-state index contributed by atoms with van der Waals surface area (Å²) in [5.41, 5.74) is 3.73. The maximum absolute atomic E-state index is 14.1. The van der Waals surface area contributed by atoms with Gasteiger partial charge in [-0.25, -0.2) is 8.42 Å². The summed E-state index contributed by atoms with van der Waals surface area (Å²) in [6, 6.07) is 21.2. The number of amides is 2. The average Bonchev–Trinajstić information content (AvgIpc) is 2.90. The van der Waals surface area contributed by atoms with Crippen molar-refractivity contribution >= 4 is 39.1 Å². The SMILES string of the molecule is CCCCNC(=O)[C@H](Cc1ccccc1)N(Cc1ccccc1C)C(=O)CN(c1ccc(Cl)cc1C)S(C)(=O)=O. The molecule has 1 atom stereocenters. The Balaban J connectivity index is 2.06. The standard InChI is InChI=1S/C31H38ClN3O4S/c1-5-6-18-33-31(37)29(20-25-13-8-7-9-14-25)34(21-26-15-11-10-12-23(26)2)30(36)22-35(40(4,38)39)28-17-16-27(32)19-24(28)3/h7-17,19,29H,5-6,18,20-22H2,1-4H3,(H,33,37)/t29-/m0/s1. The van der Waals surface area contributed by atoms with Crippen LogP contribution in [-0.4, -0.2) is 50.5 Å². The van der Waals surface area contributed by atoms with Crippen molar-refractivity contribution in [1.82, 2.24) is 10.2 Å². The third-order valence-electron chi connectivity index (χ3n) is 6.81. The van der Waals surface area contributed by atoms with Crippen LogP contribution in [0, 0.1) is 13.8 Å². The molecular formula is C31H38ClN3O4S. The Morgan fingerprint density at radius 2 is 1.62 bits per heavy atom. The highest BCUT2D eigenvalue weighted by atomic mass is 35.5. The molecule has 9 heteroatoms. The first kappa shape index (κ1) is 31.2. The zero-order valence-corrected chi connectivity index (χ0v) is 25.1. The van der Waals surface area contributed by atoms with E-state index in [1.165, 1.54) is 4.90 Å². The fraction of sp³-hybridized carbons (Fsp3) is 0.355. The van der Waals surface area contributed by atoms with Gasteiger partial charge in [0, 0.05) is 24.5 Å². The molecule has 0 heterocycles. The van der Waals surface area contributed by atoms with Crippen molar-refractivity contribution in [3.8, 4) is 0 Å². The lowest BCUT2D eigenvalue weighted by Gasteiger charge is -2.34. The molecule has 3 rings (SSSR count). The van der Waals surface area contributed by atoms with Gasteiger partial charge < -0.3 is 10.2 Å². The number of aryl methyl sites for hydroxylation is 2. The average molecular weight is 584 g/mol. The maximum Gasteiger partial charge on any atom is 0.244 e. The third-order valence-corrected chi connectivity index (χ3v) is 8.17. The minimum absolute atomic E-state index is 0.154. The van der Waals surface area contributed by atoms with Gasteiger partial charge in [0.2, 0.25) is 21.8 Å². The Hall–Kier alpha value is -3.36. The molecule has 3 aromatic carbocycles. The molecule has 0 aliphatic carbocycles. The first-order valence-corrected chi connectivity index (χ1v) is 15.6. The number of unbranched alkanes of at least 4 members (excludes halogenated alkanes) is 1. The van der Waals surface area contributed by atoms with Gasteiger partial charge in [0.15, 0.2) is 0 Å². The monoisotopic (exact) mass is 583 g/mol. The van der Waals surface area contributed by atoms with Gasteiger partial charge in [-0.1, -0.05) is 79.5 Å². The number of hydrogen-bond donors (Lipinski definition) is 1. The van der Waals surface area contributed by atoms with E-state index in [1.807, 2.05) is 68.4 Å². The van der Waals surface area contributed by atoms with Crippen LogP contribution in [0.2, 0.25) is 5.02 Å². The molecule has 214 valence electrons. The Labute approximate surface area is 243 Å². The number of carbonyl (C=O) groups is 2. The van der Waals surface area contributed by atoms with Crippen LogP contribution in [-0.2, 0) is 32.6 Å². The summed E-state index contributed by atoms with van der Waals surface area (Å²) in [5, 5.41) is 3.46. The number of nitrogens with one attached hydrogen (secondary N) is 1. The molecule has 0 fully saturated rings. The summed E-state index contributed by atoms with van der Waals surface area (Å²) < 4.78 is 27.0. The molecule has 0 saturated heterocycles. The smallest absolute Gasteiger partial charge is 0.244 e. The van der Waals surface area contributed by atoms with Crippen LogP contribution in [0.5, 0.6) is 0 Å². The molecule has 7 nitrogen and oxygen atoms in total. The summed E-state index contributed by atoms with van der Waals surface area (Å²) in [5.74, 6) is -0.748. The number of benzene rings is 3. The lowest BCUT2D eigenvalue weighted by Crippen LogP contribution is -2.53. The normalized spacial score (nSPS) is 12.0. The van der Waals surface area contributed by atoms with Crippen molar-refractivity contribution < 1.29 is 18.0 Å². The van der Waals surface area contributed by atoms with Crippen molar-refractivity contribution in [2.45, 2.75) is 52.6 Å². The highest BCUT2D eigenvalue weighted by molar-refractivity contribution is 7.92. The van der Waals surface area contributed by atoms with Crippen molar-refractivity contribution in [3.63, 3.8) is 0 Å². The van der Waals surface area contributed by atoms with Gasteiger partial charge >= 0.3 is 0 Å². The van der Waals surface area contributed by atoms with E-state index in [9.17, 15) is 18.0 Å². The molecule has 3 aromatic rings. The second-order valence-electron chi connectivity index (χ2n) is 10.00. The number of halogens is 1. The largest absolute Gasteiger partial charge is 0.354 e. The first-order valence-electron chi connectivity index (χ1n) is 13.4.